The Hall–Kier alpha value is -1.42. The van der Waals surface area contributed by atoms with E-state index in [-0.39, 0.29) is 18.9 Å². The van der Waals surface area contributed by atoms with Crippen molar-refractivity contribution >= 4 is 11.6 Å². The average molecular weight is 225 g/mol. The van der Waals surface area contributed by atoms with Gasteiger partial charge in [0, 0.05) is 19.6 Å². The van der Waals surface area contributed by atoms with Crippen molar-refractivity contribution in [2.45, 2.75) is 19.8 Å². The number of anilines is 1. The molecule has 0 unspecified atom stereocenters. The highest BCUT2D eigenvalue weighted by Crippen LogP contribution is 2.19. The van der Waals surface area contributed by atoms with Gasteiger partial charge < -0.3 is 10.0 Å². The van der Waals surface area contributed by atoms with E-state index in [0.29, 0.717) is 18.7 Å². The van der Waals surface area contributed by atoms with Crippen molar-refractivity contribution in [1.82, 2.24) is 0 Å². The highest BCUT2D eigenvalue weighted by atomic mass is 19.1. The van der Waals surface area contributed by atoms with Crippen molar-refractivity contribution in [3.8, 4) is 0 Å². The lowest BCUT2D eigenvalue weighted by molar-refractivity contribution is -0.118. The third-order valence-electron chi connectivity index (χ3n) is 2.31. The lowest BCUT2D eigenvalue weighted by Crippen LogP contribution is -2.31. The molecule has 16 heavy (non-hydrogen) atoms. The molecular formula is C12H16FNO2. The van der Waals surface area contributed by atoms with E-state index in [1.54, 1.807) is 25.1 Å². The monoisotopic (exact) mass is 225 g/mol. The summed E-state index contributed by atoms with van der Waals surface area (Å²) in [6.45, 7) is 2.19. The Morgan fingerprint density at radius 3 is 2.69 bits per heavy atom. The first-order valence-electron chi connectivity index (χ1n) is 5.36. The van der Waals surface area contributed by atoms with Crippen LogP contribution in [0.15, 0.2) is 24.3 Å². The van der Waals surface area contributed by atoms with Gasteiger partial charge in [-0.1, -0.05) is 12.1 Å². The van der Waals surface area contributed by atoms with Gasteiger partial charge in [0.25, 0.3) is 0 Å². The summed E-state index contributed by atoms with van der Waals surface area (Å²) in [5.74, 6) is -0.566. The van der Waals surface area contributed by atoms with E-state index in [4.69, 9.17) is 5.11 Å². The third kappa shape index (κ3) is 3.03. The molecule has 0 heterocycles. The van der Waals surface area contributed by atoms with Crippen LogP contribution >= 0.6 is 0 Å². The maximum Gasteiger partial charge on any atom is 0.227 e. The van der Waals surface area contributed by atoms with Gasteiger partial charge in [-0.15, -0.1) is 0 Å². The van der Waals surface area contributed by atoms with Crippen LogP contribution in [0.1, 0.15) is 19.8 Å². The van der Waals surface area contributed by atoms with Crippen molar-refractivity contribution in [3.05, 3.63) is 30.1 Å². The number of benzene rings is 1. The topological polar surface area (TPSA) is 40.5 Å². The highest BCUT2D eigenvalue weighted by molar-refractivity contribution is 5.93. The summed E-state index contributed by atoms with van der Waals surface area (Å²) in [5.41, 5.74) is 0.299. The number of rotatable bonds is 5. The van der Waals surface area contributed by atoms with Gasteiger partial charge in [-0.25, -0.2) is 4.39 Å². The molecule has 0 atom stereocenters. The Morgan fingerprint density at radius 2 is 2.12 bits per heavy atom. The van der Waals surface area contributed by atoms with E-state index in [2.05, 4.69) is 0 Å². The Balaban J connectivity index is 2.82. The summed E-state index contributed by atoms with van der Waals surface area (Å²) in [5, 5.41) is 8.65. The number of para-hydroxylation sites is 1. The Morgan fingerprint density at radius 1 is 1.44 bits per heavy atom. The van der Waals surface area contributed by atoms with E-state index in [9.17, 15) is 9.18 Å². The largest absolute Gasteiger partial charge is 0.396 e. The minimum atomic E-state index is -0.401. The van der Waals surface area contributed by atoms with E-state index in [0.717, 1.165) is 0 Å². The molecule has 0 spiro atoms. The molecule has 0 bridgehead atoms. The van der Waals surface area contributed by atoms with Crippen LogP contribution in [0.25, 0.3) is 0 Å². The molecule has 0 aliphatic carbocycles. The zero-order valence-corrected chi connectivity index (χ0v) is 9.32. The number of aliphatic hydroxyl groups is 1. The first-order chi connectivity index (χ1) is 7.70. The summed E-state index contributed by atoms with van der Waals surface area (Å²) in [6.07, 6.45) is 0.641. The number of carbonyl (C=O) groups excluding carboxylic acids is 1. The standard InChI is InChI=1S/C12H16FNO2/c1-2-14(12(16)8-5-9-15)11-7-4-3-6-10(11)13/h3-4,6-7,15H,2,5,8-9H2,1H3. The SMILES string of the molecule is CCN(C(=O)CCCO)c1ccccc1F. The normalized spacial score (nSPS) is 10.2. The quantitative estimate of drug-likeness (QED) is 0.832. The van der Waals surface area contributed by atoms with Crippen molar-refractivity contribution in [2.75, 3.05) is 18.1 Å². The number of aliphatic hydroxyl groups excluding tert-OH is 1. The van der Waals surface area contributed by atoms with Crippen molar-refractivity contribution in [3.63, 3.8) is 0 Å². The van der Waals surface area contributed by atoms with Gasteiger partial charge in [0.05, 0.1) is 5.69 Å². The molecule has 1 aromatic rings. The molecular weight excluding hydrogens is 209 g/mol. The number of hydrogen-bond donors (Lipinski definition) is 1. The second kappa shape index (κ2) is 6.23. The minimum Gasteiger partial charge on any atom is -0.396 e. The van der Waals surface area contributed by atoms with Crippen LogP contribution < -0.4 is 4.90 Å². The zero-order valence-electron chi connectivity index (χ0n) is 9.32. The van der Waals surface area contributed by atoms with Crippen molar-refractivity contribution < 1.29 is 14.3 Å². The predicted molar refractivity (Wildman–Crippen MR) is 60.7 cm³/mol. The van der Waals surface area contributed by atoms with Crippen LogP contribution in [0, 0.1) is 5.82 Å². The van der Waals surface area contributed by atoms with E-state index >= 15 is 0 Å². The average Bonchev–Trinajstić information content (AvgIpc) is 2.30. The maximum absolute atomic E-state index is 13.5. The van der Waals surface area contributed by atoms with Crippen LogP contribution in [-0.2, 0) is 4.79 Å². The molecule has 88 valence electrons. The second-order valence-corrected chi connectivity index (χ2v) is 3.42. The Kier molecular flexibility index (Phi) is 4.92. The number of nitrogens with zero attached hydrogens (tertiary/aromatic N) is 1. The number of amides is 1. The highest BCUT2D eigenvalue weighted by Gasteiger charge is 2.16. The van der Waals surface area contributed by atoms with Crippen molar-refractivity contribution in [1.29, 1.82) is 0 Å². The molecule has 0 fully saturated rings. The predicted octanol–water partition coefficient (Wildman–Crippen LogP) is 1.95. The zero-order chi connectivity index (χ0) is 12.0. The van der Waals surface area contributed by atoms with Crippen LogP contribution in [0.2, 0.25) is 0 Å². The van der Waals surface area contributed by atoms with Crippen LogP contribution in [0.3, 0.4) is 0 Å². The first-order valence-corrected chi connectivity index (χ1v) is 5.36. The van der Waals surface area contributed by atoms with Gasteiger partial charge in [0.1, 0.15) is 5.82 Å². The number of carbonyl (C=O) groups is 1. The summed E-state index contributed by atoms with van der Waals surface area (Å²) in [7, 11) is 0. The lowest BCUT2D eigenvalue weighted by Gasteiger charge is -2.21. The Bertz CT molecular complexity index is 355. The summed E-state index contributed by atoms with van der Waals surface area (Å²) >= 11 is 0. The molecule has 1 amide bonds. The molecule has 1 rings (SSSR count). The second-order valence-electron chi connectivity index (χ2n) is 3.42. The summed E-state index contributed by atoms with van der Waals surface area (Å²) < 4.78 is 13.5. The fourth-order valence-corrected chi connectivity index (χ4v) is 1.52. The van der Waals surface area contributed by atoms with Gasteiger partial charge in [0.15, 0.2) is 0 Å². The lowest BCUT2D eigenvalue weighted by atomic mass is 10.2. The summed E-state index contributed by atoms with van der Waals surface area (Å²) in [6, 6.07) is 6.19. The fraction of sp³-hybridized carbons (Fsp3) is 0.417. The molecule has 0 saturated carbocycles. The smallest absolute Gasteiger partial charge is 0.227 e. The van der Waals surface area contributed by atoms with Gasteiger partial charge in [-0.2, -0.15) is 0 Å². The Labute approximate surface area is 94.5 Å². The first kappa shape index (κ1) is 12.6. The van der Waals surface area contributed by atoms with Gasteiger partial charge in [0.2, 0.25) is 5.91 Å². The number of halogens is 1. The molecule has 0 aromatic heterocycles. The number of hydrogen-bond acceptors (Lipinski definition) is 2. The summed E-state index contributed by atoms with van der Waals surface area (Å²) in [4.78, 5) is 13.1. The minimum absolute atomic E-state index is 0.0272. The molecule has 0 saturated heterocycles. The fourth-order valence-electron chi connectivity index (χ4n) is 1.52. The molecule has 0 aliphatic heterocycles. The van der Waals surface area contributed by atoms with Gasteiger partial charge in [-0.3, -0.25) is 4.79 Å². The molecule has 0 aliphatic rings. The maximum atomic E-state index is 13.5. The molecule has 3 nitrogen and oxygen atoms in total. The van der Waals surface area contributed by atoms with Crippen molar-refractivity contribution in [2.24, 2.45) is 0 Å². The van der Waals surface area contributed by atoms with Gasteiger partial charge >= 0.3 is 0 Å². The van der Waals surface area contributed by atoms with E-state index in [1.165, 1.54) is 11.0 Å². The van der Waals surface area contributed by atoms with Crippen LogP contribution in [0.5, 0.6) is 0 Å². The van der Waals surface area contributed by atoms with Crippen LogP contribution in [-0.4, -0.2) is 24.2 Å². The van der Waals surface area contributed by atoms with E-state index in [1.807, 2.05) is 0 Å². The van der Waals surface area contributed by atoms with Gasteiger partial charge in [-0.05, 0) is 25.5 Å². The molecule has 0 radical (unpaired) electrons. The molecule has 1 N–H and O–H groups in total. The molecule has 1 aromatic carbocycles. The van der Waals surface area contributed by atoms with E-state index < -0.39 is 5.82 Å². The third-order valence-corrected chi connectivity index (χ3v) is 2.31. The molecule has 4 heteroatoms. The van der Waals surface area contributed by atoms with Crippen LogP contribution in [0.4, 0.5) is 10.1 Å².